The lowest BCUT2D eigenvalue weighted by molar-refractivity contribution is 0.0799. The number of hydrogen-bond acceptors (Lipinski definition) is 1. The van der Waals surface area contributed by atoms with Crippen LogP contribution in [-0.4, -0.2) is 10.7 Å². The summed E-state index contributed by atoms with van der Waals surface area (Å²) in [6.45, 7) is 13.3. The number of aliphatic hydroxyl groups is 1. The van der Waals surface area contributed by atoms with E-state index in [0.717, 1.165) is 24.7 Å². The summed E-state index contributed by atoms with van der Waals surface area (Å²) in [7, 11) is 0. The lowest BCUT2D eigenvalue weighted by atomic mass is 9.61. The van der Waals surface area contributed by atoms with E-state index >= 15 is 0 Å². The molecule has 0 aromatic heterocycles. The second-order valence-electron chi connectivity index (χ2n) is 7.78. The predicted octanol–water partition coefficient (Wildman–Crippen LogP) is 5.50. The van der Waals surface area contributed by atoms with E-state index in [2.05, 4.69) is 46.4 Å². The van der Waals surface area contributed by atoms with Gasteiger partial charge >= 0.3 is 0 Å². The van der Waals surface area contributed by atoms with E-state index in [0.29, 0.717) is 11.3 Å². The minimum Gasteiger partial charge on any atom is -0.386 e. The fraction of sp³-hybridized carbons (Fsp3) is 0.800. The molecular weight excluding hydrogens is 256 g/mol. The largest absolute Gasteiger partial charge is 0.386 e. The average Bonchev–Trinajstić information content (AvgIpc) is 2.83. The molecule has 2 saturated carbocycles. The third kappa shape index (κ3) is 3.13. The molecule has 4 atom stereocenters. The van der Waals surface area contributed by atoms with E-state index in [1.807, 2.05) is 0 Å². The summed E-state index contributed by atoms with van der Waals surface area (Å²) in [6.07, 6.45) is 12.5. The minimum atomic E-state index is -0.608. The van der Waals surface area contributed by atoms with E-state index in [4.69, 9.17) is 0 Å². The Kier molecular flexibility index (Phi) is 5.03. The van der Waals surface area contributed by atoms with Gasteiger partial charge in [-0.05, 0) is 68.1 Å². The third-order valence-electron chi connectivity index (χ3n) is 6.68. The summed E-state index contributed by atoms with van der Waals surface area (Å²) >= 11 is 0. The highest BCUT2D eigenvalue weighted by Gasteiger charge is 2.49. The highest BCUT2D eigenvalue weighted by Crippen LogP contribution is 2.59. The van der Waals surface area contributed by atoms with Crippen LogP contribution in [0.3, 0.4) is 0 Å². The van der Waals surface area contributed by atoms with Gasteiger partial charge in [-0.15, -0.1) is 0 Å². The van der Waals surface area contributed by atoms with Gasteiger partial charge in [0.15, 0.2) is 0 Å². The normalized spacial score (nSPS) is 35.2. The van der Waals surface area contributed by atoms with Gasteiger partial charge in [-0.25, -0.2) is 0 Å². The molecule has 0 saturated heterocycles. The number of hydrogen-bond donors (Lipinski definition) is 1. The Morgan fingerprint density at radius 1 is 1.38 bits per heavy atom. The van der Waals surface area contributed by atoms with Crippen LogP contribution in [-0.2, 0) is 0 Å². The first-order valence-electron chi connectivity index (χ1n) is 8.95. The molecule has 2 fully saturated rings. The summed E-state index contributed by atoms with van der Waals surface area (Å²) in [4.78, 5) is 0. The monoisotopic (exact) mass is 290 g/mol. The van der Waals surface area contributed by atoms with E-state index in [9.17, 15) is 5.11 Å². The molecule has 0 heterocycles. The van der Waals surface area contributed by atoms with Gasteiger partial charge < -0.3 is 5.11 Å². The summed E-state index contributed by atoms with van der Waals surface area (Å²) in [6, 6.07) is 0. The first kappa shape index (κ1) is 16.8. The van der Waals surface area contributed by atoms with Crippen molar-refractivity contribution >= 4 is 0 Å². The Labute approximate surface area is 131 Å². The summed E-state index contributed by atoms with van der Waals surface area (Å²) in [5.41, 5.74) is 1.33. The van der Waals surface area contributed by atoms with Crippen LogP contribution in [0.5, 0.6) is 0 Å². The molecular formula is C20H34O. The molecule has 1 nitrogen and oxygen atoms in total. The molecule has 0 aromatic rings. The lowest BCUT2D eigenvalue weighted by Gasteiger charge is -2.43. The van der Waals surface area contributed by atoms with Crippen LogP contribution >= 0.6 is 0 Å². The van der Waals surface area contributed by atoms with E-state index in [-0.39, 0.29) is 0 Å². The Morgan fingerprint density at radius 3 is 2.67 bits per heavy atom. The van der Waals surface area contributed by atoms with Crippen LogP contribution in [0, 0.1) is 23.2 Å². The standard InChI is InChI=1S/C20H34O/c1-6-20(21,7-2)14-12-16(4)18-11-10-17-15(3)9-8-13-19(17,18)5/h12,14,16-18,21H,3,6-11,13H2,1-2,4-5H3/b14-12+/t16-,17+,18?,19+/m1/s1. The van der Waals surface area contributed by atoms with Crippen LogP contribution in [0.15, 0.2) is 24.3 Å². The zero-order valence-corrected chi connectivity index (χ0v) is 14.5. The Bertz CT molecular complexity index is 404. The second-order valence-corrected chi connectivity index (χ2v) is 7.78. The predicted molar refractivity (Wildman–Crippen MR) is 91.1 cm³/mol. The second kappa shape index (κ2) is 6.28. The van der Waals surface area contributed by atoms with Gasteiger partial charge in [-0.1, -0.05) is 52.0 Å². The van der Waals surface area contributed by atoms with Crippen molar-refractivity contribution in [3.63, 3.8) is 0 Å². The zero-order valence-electron chi connectivity index (χ0n) is 14.5. The number of allylic oxidation sites excluding steroid dienone is 2. The maximum Gasteiger partial charge on any atom is 0.0822 e. The molecule has 1 heteroatoms. The minimum absolute atomic E-state index is 0.440. The molecule has 1 unspecified atom stereocenters. The van der Waals surface area contributed by atoms with Crippen molar-refractivity contribution < 1.29 is 5.11 Å². The van der Waals surface area contributed by atoms with Crippen molar-refractivity contribution in [1.82, 2.24) is 0 Å². The molecule has 0 bridgehead atoms. The first-order chi connectivity index (χ1) is 9.86. The van der Waals surface area contributed by atoms with E-state index < -0.39 is 5.60 Å². The quantitative estimate of drug-likeness (QED) is 0.663. The zero-order chi connectivity index (χ0) is 15.7. The molecule has 0 radical (unpaired) electrons. The first-order valence-corrected chi connectivity index (χ1v) is 8.95. The fourth-order valence-electron chi connectivity index (χ4n) is 4.98. The Hall–Kier alpha value is -0.560. The van der Waals surface area contributed by atoms with E-state index in [1.165, 1.54) is 37.7 Å². The van der Waals surface area contributed by atoms with Gasteiger partial charge in [0.25, 0.3) is 0 Å². The molecule has 21 heavy (non-hydrogen) atoms. The van der Waals surface area contributed by atoms with Crippen molar-refractivity contribution in [2.24, 2.45) is 23.2 Å². The van der Waals surface area contributed by atoms with Gasteiger partial charge in [-0.3, -0.25) is 0 Å². The fourth-order valence-corrected chi connectivity index (χ4v) is 4.98. The topological polar surface area (TPSA) is 20.2 Å². The van der Waals surface area contributed by atoms with Crippen LogP contribution in [0.4, 0.5) is 0 Å². The van der Waals surface area contributed by atoms with Crippen LogP contribution in [0.2, 0.25) is 0 Å². The van der Waals surface area contributed by atoms with Crippen LogP contribution in [0.1, 0.15) is 72.6 Å². The van der Waals surface area contributed by atoms with Gasteiger partial charge in [0.2, 0.25) is 0 Å². The highest BCUT2D eigenvalue weighted by molar-refractivity contribution is 5.17. The smallest absolute Gasteiger partial charge is 0.0822 e. The maximum absolute atomic E-state index is 10.5. The van der Waals surface area contributed by atoms with Crippen molar-refractivity contribution in [2.75, 3.05) is 0 Å². The van der Waals surface area contributed by atoms with Crippen molar-refractivity contribution in [1.29, 1.82) is 0 Å². The summed E-state index contributed by atoms with van der Waals surface area (Å²) in [5, 5.41) is 10.5. The molecule has 2 aliphatic rings. The molecule has 0 amide bonds. The molecule has 120 valence electrons. The Balaban J connectivity index is 2.11. The molecule has 0 spiro atoms. The number of rotatable bonds is 5. The summed E-state index contributed by atoms with van der Waals surface area (Å²) < 4.78 is 0. The van der Waals surface area contributed by atoms with Crippen LogP contribution in [0.25, 0.3) is 0 Å². The molecule has 2 aliphatic carbocycles. The van der Waals surface area contributed by atoms with Crippen LogP contribution < -0.4 is 0 Å². The van der Waals surface area contributed by atoms with Gasteiger partial charge in [0, 0.05) is 0 Å². The third-order valence-corrected chi connectivity index (χ3v) is 6.68. The molecule has 0 aliphatic heterocycles. The van der Waals surface area contributed by atoms with Crippen molar-refractivity contribution in [3.05, 3.63) is 24.3 Å². The molecule has 1 N–H and O–H groups in total. The van der Waals surface area contributed by atoms with E-state index in [1.54, 1.807) is 0 Å². The molecule has 2 rings (SSSR count). The SMILES string of the molecule is C=C1CCC[C@]2(C)C([C@H](C)/C=C/C(O)(CC)CC)CC[C@@H]12. The maximum atomic E-state index is 10.5. The van der Waals surface area contributed by atoms with Crippen molar-refractivity contribution in [3.8, 4) is 0 Å². The van der Waals surface area contributed by atoms with Gasteiger partial charge in [0.05, 0.1) is 5.60 Å². The molecule has 0 aromatic carbocycles. The number of fused-ring (bicyclic) bond motifs is 1. The summed E-state index contributed by atoms with van der Waals surface area (Å²) in [5.74, 6) is 2.03. The van der Waals surface area contributed by atoms with Crippen molar-refractivity contribution in [2.45, 2.75) is 78.2 Å². The van der Waals surface area contributed by atoms with Gasteiger partial charge in [0.1, 0.15) is 0 Å². The van der Waals surface area contributed by atoms with Gasteiger partial charge in [-0.2, -0.15) is 0 Å². The lowest BCUT2D eigenvalue weighted by Crippen LogP contribution is -2.35. The Morgan fingerprint density at radius 2 is 2.05 bits per heavy atom. The highest BCUT2D eigenvalue weighted by atomic mass is 16.3. The average molecular weight is 290 g/mol.